The number of hydrogen-bond donors (Lipinski definition) is 3. The third kappa shape index (κ3) is 3.07. The van der Waals surface area contributed by atoms with Gasteiger partial charge in [-0.05, 0) is 12.5 Å². The van der Waals surface area contributed by atoms with Crippen LogP contribution in [0.15, 0.2) is 0 Å². The molecule has 20 heavy (non-hydrogen) atoms. The molecule has 1 heterocycles. The summed E-state index contributed by atoms with van der Waals surface area (Å²) in [4.78, 5) is 33.3. The lowest BCUT2D eigenvalue weighted by atomic mass is 10.1. The number of carboxylic acids is 1. The molecule has 0 unspecified atom stereocenters. The minimum absolute atomic E-state index is 0.0145. The van der Waals surface area contributed by atoms with E-state index in [4.69, 9.17) is 5.11 Å². The Morgan fingerprint density at radius 1 is 1.25 bits per heavy atom. The summed E-state index contributed by atoms with van der Waals surface area (Å²) in [5.41, 5.74) is -0.550. The molecule has 3 N–H and O–H groups in total. The maximum atomic E-state index is 12.2. The summed E-state index contributed by atoms with van der Waals surface area (Å²) in [7, 11) is 1.29. The lowest BCUT2D eigenvalue weighted by molar-refractivity contribution is -0.167. The molecule has 0 spiro atoms. The van der Waals surface area contributed by atoms with E-state index in [1.54, 1.807) is 0 Å². The van der Waals surface area contributed by atoms with E-state index in [9.17, 15) is 27.6 Å². The Morgan fingerprint density at radius 3 is 2.20 bits per heavy atom. The molecular formula is C10H9F3N2O4S. The summed E-state index contributed by atoms with van der Waals surface area (Å²) in [6.07, 6.45) is -5.15. The van der Waals surface area contributed by atoms with Gasteiger partial charge in [0.15, 0.2) is 0 Å². The van der Waals surface area contributed by atoms with E-state index in [2.05, 4.69) is 5.32 Å². The molecule has 1 rings (SSSR count). The van der Waals surface area contributed by atoms with Gasteiger partial charge in [-0.1, -0.05) is 0 Å². The van der Waals surface area contributed by atoms with Gasteiger partial charge in [0.25, 0.3) is 5.91 Å². The van der Waals surface area contributed by atoms with E-state index in [1.807, 2.05) is 0 Å². The van der Waals surface area contributed by atoms with Crippen LogP contribution >= 0.6 is 11.3 Å². The first kappa shape index (κ1) is 16.0. The number of thiophene rings is 1. The fourth-order valence-electron chi connectivity index (χ4n) is 1.36. The number of aromatic carboxylic acids is 1. The molecule has 0 atom stereocenters. The second kappa shape index (κ2) is 5.49. The SMILES string of the molecule is CNC(=O)c1sc(NC(=O)C(F)(F)F)c(C(=O)O)c1C. The topological polar surface area (TPSA) is 95.5 Å². The van der Waals surface area contributed by atoms with E-state index in [0.717, 1.165) is 0 Å². The number of amides is 2. The van der Waals surface area contributed by atoms with Gasteiger partial charge in [-0.3, -0.25) is 9.59 Å². The van der Waals surface area contributed by atoms with Crippen LogP contribution < -0.4 is 10.6 Å². The minimum Gasteiger partial charge on any atom is -0.478 e. The number of anilines is 1. The number of carboxylic acid groups (broad SMARTS) is 1. The number of rotatable bonds is 3. The normalized spacial score (nSPS) is 11.1. The van der Waals surface area contributed by atoms with Gasteiger partial charge in [-0.2, -0.15) is 13.2 Å². The second-order valence-corrected chi connectivity index (χ2v) is 4.62. The standard InChI is InChI=1S/C10H9F3N2O4S/c1-3-4(8(17)18)7(15-9(19)10(11,12)13)20-5(3)6(16)14-2/h1-2H3,(H,14,16)(H,15,19)(H,17,18). The zero-order valence-corrected chi connectivity index (χ0v) is 11.0. The molecule has 0 bridgehead atoms. The highest BCUT2D eigenvalue weighted by atomic mass is 32.1. The van der Waals surface area contributed by atoms with Gasteiger partial charge in [0.05, 0.1) is 10.4 Å². The molecule has 0 aliphatic rings. The van der Waals surface area contributed by atoms with Gasteiger partial charge in [-0.15, -0.1) is 11.3 Å². The monoisotopic (exact) mass is 310 g/mol. The van der Waals surface area contributed by atoms with Crippen molar-refractivity contribution in [1.82, 2.24) is 5.32 Å². The molecule has 0 aromatic carbocycles. The maximum absolute atomic E-state index is 12.2. The van der Waals surface area contributed by atoms with Crippen molar-refractivity contribution < 1.29 is 32.7 Å². The molecule has 0 fully saturated rings. The summed E-state index contributed by atoms with van der Waals surface area (Å²) in [5.74, 6) is -4.49. The number of carbonyl (C=O) groups excluding carboxylic acids is 2. The molecule has 0 saturated carbocycles. The summed E-state index contributed by atoms with van der Waals surface area (Å²) >= 11 is 0.467. The lowest BCUT2D eigenvalue weighted by Crippen LogP contribution is -2.30. The zero-order chi connectivity index (χ0) is 15.7. The van der Waals surface area contributed by atoms with E-state index in [-0.39, 0.29) is 10.4 Å². The van der Waals surface area contributed by atoms with Gasteiger partial charge in [-0.25, -0.2) is 4.79 Å². The van der Waals surface area contributed by atoms with Crippen molar-refractivity contribution in [2.75, 3.05) is 12.4 Å². The molecule has 0 aliphatic carbocycles. The summed E-state index contributed by atoms with van der Waals surface area (Å²) in [6, 6.07) is 0. The summed E-state index contributed by atoms with van der Waals surface area (Å²) in [5, 5.41) is 12.1. The first-order chi connectivity index (χ1) is 9.09. The number of nitrogens with one attached hydrogen (secondary N) is 2. The highest BCUT2D eigenvalue weighted by molar-refractivity contribution is 7.18. The van der Waals surface area contributed by atoms with Crippen molar-refractivity contribution >= 4 is 34.1 Å². The Labute approximate surface area is 114 Å². The molecule has 10 heteroatoms. The van der Waals surface area contributed by atoms with Gasteiger partial charge in [0.2, 0.25) is 0 Å². The highest BCUT2D eigenvalue weighted by Gasteiger charge is 2.40. The van der Waals surface area contributed by atoms with Gasteiger partial charge >= 0.3 is 18.1 Å². The molecule has 2 amide bonds. The van der Waals surface area contributed by atoms with E-state index < -0.39 is 34.5 Å². The van der Waals surface area contributed by atoms with Crippen LogP contribution in [0.5, 0.6) is 0 Å². The van der Waals surface area contributed by atoms with Crippen molar-refractivity contribution in [2.24, 2.45) is 0 Å². The largest absolute Gasteiger partial charge is 0.478 e. The predicted octanol–water partition coefficient (Wildman–Crippen LogP) is 1.62. The average Bonchev–Trinajstić information content (AvgIpc) is 2.64. The molecular weight excluding hydrogens is 301 g/mol. The molecule has 110 valence electrons. The fraction of sp³-hybridized carbons (Fsp3) is 0.300. The van der Waals surface area contributed by atoms with Crippen molar-refractivity contribution in [3.63, 3.8) is 0 Å². The van der Waals surface area contributed by atoms with Crippen LogP contribution in [-0.4, -0.2) is 36.1 Å². The fourth-order valence-corrected chi connectivity index (χ4v) is 2.50. The average molecular weight is 310 g/mol. The predicted molar refractivity (Wildman–Crippen MR) is 64.1 cm³/mol. The number of carbonyl (C=O) groups is 3. The molecule has 0 aliphatic heterocycles. The highest BCUT2D eigenvalue weighted by Crippen LogP contribution is 2.34. The van der Waals surface area contributed by atoms with Gasteiger partial charge in [0, 0.05) is 7.05 Å². The lowest BCUT2D eigenvalue weighted by Gasteiger charge is -2.06. The quantitative estimate of drug-likeness (QED) is 0.790. The third-order valence-electron chi connectivity index (χ3n) is 2.28. The molecule has 6 nitrogen and oxygen atoms in total. The Bertz CT molecular complexity index is 580. The van der Waals surface area contributed by atoms with Crippen LogP contribution in [0, 0.1) is 6.92 Å². The number of halogens is 3. The zero-order valence-electron chi connectivity index (χ0n) is 10.2. The van der Waals surface area contributed by atoms with Gasteiger partial charge in [0.1, 0.15) is 5.00 Å². The second-order valence-electron chi connectivity index (χ2n) is 3.60. The van der Waals surface area contributed by atoms with Crippen LogP contribution in [0.2, 0.25) is 0 Å². The van der Waals surface area contributed by atoms with Crippen molar-refractivity contribution in [3.05, 3.63) is 16.0 Å². The first-order valence-electron chi connectivity index (χ1n) is 5.06. The minimum atomic E-state index is -5.15. The van der Waals surface area contributed by atoms with Gasteiger partial charge < -0.3 is 15.7 Å². The maximum Gasteiger partial charge on any atom is 0.471 e. The Hall–Kier alpha value is -2.10. The van der Waals surface area contributed by atoms with E-state index in [1.165, 1.54) is 19.3 Å². The summed E-state index contributed by atoms with van der Waals surface area (Å²) < 4.78 is 36.5. The first-order valence-corrected chi connectivity index (χ1v) is 5.88. The Balaban J connectivity index is 3.29. The van der Waals surface area contributed by atoms with Crippen molar-refractivity contribution in [3.8, 4) is 0 Å². The third-order valence-corrected chi connectivity index (χ3v) is 3.48. The van der Waals surface area contributed by atoms with Crippen LogP contribution in [0.25, 0.3) is 0 Å². The van der Waals surface area contributed by atoms with Crippen LogP contribution in [0.1, 0.15) is 25.6 Å². The van der Waals surface area contributed by atoms with Crippen LogP contribution in [0.4, 0.5) is 18.2 Å². The van der Waals surface area contributed by atoms with Crippen molar-refractivity contribution in [2.45, 2.75) is 13.1 Å². The van der Waals surface area contributed by atoms with E-state index in [0.29, 0.717) is 11.3 Å². The van der Waals surface area contributed by atoms with Crippen LogP contribution in [-0.2, 0) is 4.79 Å². The molecule has 0 saturated heterocycles. The van der Waals surface area contributed by atoms with Crippen LogP contribution in [0.3, 0.4) is 0 Å². The number of hydrogen-bond acceptors (Lipinski definition) is 4. The molecule has 0 radical (unpaired) electrons. The molecule has 1 aromatic heterocycles. The summed E-state index contributed by atoms with van der Waals surface area (Å²) in [6.45, 7) is 1.27. The number of alkyl halides is 3. The Morgan fingerprint density at radius 2 is 1.80 bits per heavy atom. The Kier molecular flexibility index (Phi) is 4.38. The van der Waals surface area contributed by atoms with Crippen molar-refractivity contribution in [1.29, 1.82) is 0 Å². The smallest absolute Gasteiger partial charge is 0.471 e. The van der Waals surface area contributed by atoms with E-state index >= 15 is 0 Å². The molecule has 1 aromatic rings.